The molecule has 0 fully saturated rings. The number of hydrogen-bond donors (Lipinski definition) is 2. The number of carbonyl (C=O) groups is 1. The van der Waals surface area contributed by atoms with Gasteiger partial charge in [0.15, 0.2) is 0 Å². The van der Waals surface area contributed by atoms with Crippen molar-refractivity contribution >= 4 is 11.7 Å². The van der Waals surface area contributed by atoms with E-state index in [0.717, 1.165) is 23.2 Å². The summed E-state index contributed by atoms with van der Waals surface area (Å²) in [4.78, 5) is 11.1. The summed E-state index contributed by atoms with van der Waals surface area (Å²) in [6, 6.07) is 14.7. The molecular weight excluding hydrogens is 226 g/mol. The summed E-state index contributed by atoms with van der Waals surface area (Å²) < 4.78 is 0. The van der Waals surface area contributed by atoms with Crippen molar-refractivity contribution in [3.8, 4) is 0 Å². The van der Waals surface area contributed by atoms with Gasteiger partial charge in [0, 0.05) is 5.69 Å². The SMILES string of the molecule is Nc1ccccc1CCc1ccccc1C(=O)O. The highest BCUT2D eigenvalue weighted by Crippen LogP contribution is 2.16. The van der Waals surface area contributed by atoms with E-state index in [4.69, 9.17) is 10.8 Å². The number of aromatic carboxylic acids is 1. The maximum absolute atomic E-state index is 11.1. The topological polar surface area (TPSA) is 63.3 Å². The molecule has 92 valence electrons. The Hall–Kier alpha value is -2.29. The lowest BCUT2D eigenvalue weighted by Gasteiger charge is -2.07. The van der Waals surface area contributed by atoms with Crippen molar-refractivity contribution < 1.29 is 9.90 Å². The summed E-state index contributed by atoms with van der Waals surface area (Å²) in [5.41, 5.74) is 8.88. The van der Waals surface area contributed by atoms with Crippen molar-refractivity contribution in [3.63, 3.8) is 0 Å². The first-order chi connectivity index (χ1) is 8.68. The van der Waals surface area contributed by atoms with Crippen molar-refractivity contribution in [2.45, 2.75) is 12.8 Å². The van der Waals surface area contributed by atoms with E-state index in [1.807, 2.05) is 36.4 Å². The number of carboxylic acid groups (broad SMARTS) is 1. The van der Waals surface area contributed by atoms with Crippen LogP contribution in [0.15, 0.2) is 48.5 Å². The molecule has 0 atom stereocenters. The minimum absolute atomic E-state index is 0.368. The van der Waals surface area contributed by atoms with Crippen LogP contribution in [0.5, 0.6) is 0 Å². The number of nitrogen functional groups attached to an aromatic ring is 1. The van der Waals surface area contributed by atoms with Gasteiger partial charge in [-0.15, -0.1) is 0 Å². The van der Waals surface area contributed by atoms with Crippen molar-refractivity contribution in [2.75, 3.05) is 5.73 Å². The highest BCUT2D eigenvalue weighted by atomic mass is 16.4. The molecule has 2 rings (SSSR count). The molecule has 0 aliphatic heterocycles. The van der Waals surface area contributed by atoms with Gasteiger partial charge in [-0.25, -0.2) is 4.79 Å². The van der Waals surface area contributed by atoms with E-state index in [1.54, 1.807) is 12.1 Å². The zero-order valence-corrected chi connectivity index (χ0v) is 9.97. The van der Waals surface area contributed by atoms with Crippen LogP contribution in [0.3, 0.4) is 0 Å². The molecule has 0 unspecified atom stereocenters. The summed E-state index contributed by atoms with van der Waals surface area (Å²) in [6.07, 6.45) is 1.42. The molecule has 2 aromatic carbocycles. The fraction of sp³-hybridized carbons (Fsp3) is 0.133. The molecule has 0 spiro atoms. The van der Waals surface area contributed by atoms with Gasteiger partial charge in [0.1, 0.15) is 0 Å². The third kappa shape index (κ3) is 2.69. The molecule has 0 amide bonds. The van der Waals surface area contributed by atoms with Crippen molar-refractivity contribution in [2.24, 2.45) is 0 Å². The molecule has 0 aliphatic rings. The number of anilines is 1. The summed E-state index contributed by atoms with van der Waals surface area (Å²) in [7, 11) is 0. The maximum Gasteiger partial charge on any atom is 0.335 e. The molecular formula is C15H15NO2. The van der Waals surface area contributed by atoms with E-state index in [2.05, 4.69) is 0 Å². The van der Waals surface area contributed by atoms with Gasteiger partial charge in [-0.1, -0.05) is 36.4 Å². The van der Waals surface area contributed by atoms with Gasteiger partial charge >= 0.3 is 5.97 Å². The summed E-state index contributed by atoms with van der Waals surface area (Å²) in [5.74, 6) is -0.883. The highest BCUT2D eigenvalue weighted by Gasteiger charge is 2.09. The third-order valence-electron chi connectivity index (χ3n) is 2.97. The Bertz CT molecular complexity index is 564. The van der Waals surface area contributed by atoms with Crippen LogP contribution < -0.4 is 5.73 Å². The lowest BCUT2D eigenvalue weighted by Crippen LogP contribution is -2.04. The van der Waals surface area contributed by atoms with E-state index >= 15 is 0 Å². The van der Waals surface area contributed by atoms with Crippen LogP contribution in [0.25, 0.3) is 0 Å². The standard InChI is InChI=1S/C15H15NO2/c16-14-8-4-2-6-12(14)10-9-11-5-1-3-7-13(11)15(17)18/h1-8H,9-10,16H2,(H,17,18). The lowest BCUT2D eigenvalue weighted by atomic mass is 9.99. The van der Waals surface area contributed by atoms with Crippen LogP contribution in [-0.4, -0.2) is 11.1 Å². The minimum Gasteiger partial charge on any atom is -0.478 e. The number of aryl methyl sites for hydroxylation is 2. The number of benzene rings is 2. The fourth-order valence-corrected chi connectivity index (χ4v) is 1.98. The van der Waals surface area contributed by atoms with Crippen LogP contribution in [0.4, 0.5) is 5.69 Å². The molecule has 0 aliphatic carbocycles. The second kappa shape index (κ2) is 5.36. The van der Waals surface area contributed by atoms with Crippen molar-refractivity contribution in [3.05, 3.63) is 65.2 Å². The Morgan fingerprint density at radius 2 is 1.50 bits per heavy atom. The first-order valence-corrected chi connectivity index (χ1v) is 5.83. The smallest absolute Gasteiger partial charge is 0.335 e. The van der Waals surface area contributed by atoms with Gasteiger partial charge in [-0.2, -0.15) is 0 Å². The molecule has 3 N–H and O–H groups in total. The number of rotatable bonds is 4. The van der Waals surface area contributed by atoms with Crippen molar-refractivity contribution in [1.29, 1.82) is 0 Å². The predicted molar refractivity (Wildman–Crippen MR) is 71.7 cm³/mol. The van der Waals surface area contributed by atoms with Gasteiger partial charge < -0.3 is 10.8 Å². The second-order valence-electron chi connectivity index (χ2n) is 4.16. The first-order valence-electron chi connectivity index (χ1n) is 5.83. The second-order valence-corrected chi connectivity index (χ2v) is 4.16. The van der Waals surface area contributed by atoms with Crippen LogP contribution in [-0.2, 0) is 12.8 Å². The highest BCUT2D eigenvalue weighted by molar-refractivity contribution is 5.89. The van der Waals surface area contributed by atoms with E-state index in [9.17, 15) is 4.79 Å². The molecule has 0 aromatic heterocycles. The lowest BCUT2D eigenvalue weighted by molar-refractivity contribution is 0.0695. The number of carboxylic acids is 1. The van der Waals surface area contributed by atoms with Gasteiger partial charge in [0.25, 0.3) is 0 Å². The normalized spacial score (nSPS) is 10.2. The van der Waals surface area contributed by atoms with E-state index in [1.165, 1.54) is 0 Å². The van der Waals surface area contributed by atoms with E-state index < -0.39 is 5.97 Å². The Balaban J connectivity index is 2.16. The summed E-state index contributed by atoms with van der Waals surface area (Å²) in [6.45, 7) is 0. The van der Waals surface area contributed by atoms with E-state index in [-0.39, 0.29) is 0 Å². The summed E-state index contributed by atoms with van der Waals surface area (Å²) in [5, 5.41) is 9.09. The molecule has 0 bridgehead atoms. The zero-order valence-electron chi connectivity index (χ0n) is 9.97. The molecule has 2 aromatic rings. The number of para-hydroxylation sites is 1. The van der Waals surface area contributed by atoms with Gasteiger partial charge in [0.2, 0.25) is 0 Å². The Labute approximate surface area is 106 Å². The largest absolute Gasteiger partial charge is 0.478 e. The van der Waals surface area contributed by atoms with Gasteiger partial charge in [0.05, 0.1) is 5.56 Å². The maximum atomic E-state index is 11.1. The van der Waals surface area contributed by atoms with E-state index in [0.29, 0.717) is 12.0 Å². The molecule has 0 saturated carbocycles. The molecule has 0 saturated heterocycles. The molecule has 0 heterocycles. The van der Waals surface area contributed by atoms with Crippen molar-refractivity contribution in [1.82, 2.24) is 0 Å². The molecule has 3 nitrogen and oxygen atoms in total. The Morgan fingerprint density at radius 1 is 0.944 bits per heavy atom. The average molecular weight is 241 g/mol. The van der Waals surface area contributed by atoms with Gasteiger partial charge in [-0.3, -0.25) is 0 Å². The molecule has 0 radical (unpaired) electrons. The van der Waals surface area contributed by atoms with Crippen LogP contribution in [0.2, 0.25) is 0 Å². The predicted octanol–water partition coefficient (Wildman–Crippen LogP) is 2.75. The molecule has 3 heteroatoms. The zero-order chi connectivity index (χ0) is 13.0. The molecule has 18 heavy (non-hydrogen) atoms. The fourth-order valence-electron chi connectivity index (χ4n) is 1.98. The van der Waals surface area contributed by atoms with Crippen LogP contribution in [0.1, 0.15) is 21.5 Å². The monoisotopic (exact) mass is 241 g/mol. The average Bonchev–Trinajstić information content (AvgIpc) is 2.38. The number of nitrogens with two attached hydrogens (primary N) is 1. The quantitative estimate of drug-likeness (QED) is 0.809. The Morgan fingerprint density at radius 3 is 2.17 bits per heavy atom. The summed E-state index contributed by atoms with van der Waals surface area (Å²) >= 11 is 0. The Kier molecular flexibility index (Phi) is 3.63. The van der Waals surface area contributed by atoms with Crippen LogP contribution in [0, 0.1) is 0 Å². The van der Waals surface area contributed by atoms with Gasteiger partial charge in [-0.05, 0) is 36.1 Å². The number of hydrogen-bond acceptors (Lipinski definition) is 2. The van der Waals surface area contributed by atoms with Crippen LogP contribution >= 0.6 is 0 Å². The first kappa shape index (κ1) is 12.2. The third-order valence-corrected chi connectivity index (χ3v) is 2.97. The minimum atomic E-state index is -0.883.